The summed E-state index contributed by atoms with van der Waals surface area (Å²) in [6.07, 6.45) is 16.3. The van der Waals surface area contributed by atoms with Gasteiger partial charge < -0.3 is 4.74 Å². The summed E-state index contributed by atoms with van der Waals surface area (Å²) < 4.78 is 30.7. The van der Waals surface area contributed by atoms with Gasteiger partial charge in [-0.25, -0.2) is 0 Å². The van der Waals surface area contributed by atoms with Crippen molar-refractivity contribution < 1.29 is 13.5 Å². The second-order valence-corrected chi connectivity index (χ2v) is 8.27. The second kappa shape index (κ2) is 13.9. The van der Waals surface area contributed by atoms with Gasteiger partial charge in [0.15, 0.2) is 0 Å². The average molecular weight is 393 g/mol. The highest BCUT2D eigenvalue weighted by atomic mass is 19.3. The van der Waals surface area contributed by atoms with Gasteiger partial charge in [-0.1, -0.05) is 82.6 Å². The van der Waals surface area contributed by atoms with Gasteiger partial charge in [-0.3, -0.25) is 0 Å². The lowest BCUT2D eigenvalue weighted by Crippen LogP contribution is -2.21. The van der Waals surface area contributed by atoms with Gasteiger partial charge in [-0.05, 0) is 49.1 Å². The van der Waals surface area contributed by atoms with Gasteiger partial charge in [0.2, 0.25) is 0 Å². The molecule has 0 radical (unpaired) electrons. The molecule has 1 fully saturated rings. The van der Waals surface area contributed by atoms with Gasteiger partial charge in [0.1, 0.15) is 0 Å². The van der Waals surface area contributed by atoms with Gasteiger partial charge >= 0.3 is 0 Å². The fourth-order valence-electron chi connectivity index (χ4n) is 4.22. The first-order valence-electron chi connectivity index (χ1n) is 11.4. The Bertz CT molecular complexity index is 540. The van der Waals surface area contributed by atoms with Crippen LogP contribution in [-0.4, -0.2) is 12.7 Å². The lowest BCUT2D eigenvalue weighted by atomic mass is 9.82. The topological polar surface area (TPSA) is 9.23 Å². The summed E-state index contributed by atoms with van der Waals surface area (Å²) in [5.74, 6) is 0.542. The molecule has 0 amide bonds. The van der Waals surface area contributed by atoms with Crippen molar-refractivity contribution in [3.8, 4) is 0 Å². The predicted molar refractivity (Wildman–Crippen MR) is 115 cm³/mol. The summed E-state index contributed by atoms with van der Waals surface area (Å²) >= 11 is 0. The van der Waals surface area contributed by atoms with Crippen LogP contribution in [0.3, 0.4) is 0 Å². The van der Waals surface area contributed by atoms with Crippen molar-refractivity contribution in [2.75, 3.05) is 6.61 Å². The van der Waals surface area contributed by atoms with E-state index in [1.165, 1.54) is 63.4 Å². The third-order valence-corrected chi connectivity index (χ3v) is 5.96. The molecular weight excluding hydrogens is 354 g/mol. The van der Waals surface area contributed by atoms with E-state index >= 15 is 0 Å². The SMILES string of the molecule is CCCCCCCCCCCO[C@H]1CC[C@H](c2ccc(C=C(F)F)cc2)CC1. The van der Waals surface area contributed by atoms with E-state index < -0.39 is 6.08 Å². The molecule has 0 aliphatic heterocycles. The Morgan fingerprint density at radius 3 is 2.00 bits per heavy atom. The summed E-state index contributed by atoms with van der Waals surface area (Å²) in [6, 6.07) is 7.59. The molecule has 0 saturated heterocycles. The molecule has 0 aromatic heterocycles. The van der Waals surface area contributed by atoms with Crippen LogP contribution in [-0.2, 0) is 4.74 Å². The first kappa shape index (κ1) is 23.1. The zero-order valence-electron chi connectivity index (χ0n) is 17.6. The quantitative estimate of drug-likeness (QED) is 0.306. The minimum Gasteiger partial charge on any atom is -0.378 e. The van der Waals surface area contributed by atoms with Gasteiger partial charge in [-0.2, -0.15) is 8.78 Å². The summed E-state index contributed by atoms with van der Waals surface area (Å²) in [4.78, 5) is 0. The van der Waals surface area contributed by atoms with Crippen molar-refractivity contribution in [1.82, 2.24) is 0 Å². The summed E-state index contributed by atoms with van der Waals surface area (Å²) in [5, 5.41) is 0. The van der Waals surface area contributed by atoms with Crippen LogP contribution in [0.1, 0.15) is 107 Å². The minimum absolute atomic E-state index is 0.410. The van der Waals surface area contributed by atoms with E-state index in [2.05, 4.69) is 6.92 Å². The maximum Gasteiger partial charge on any atom is 0.270 e. The van der Waals surface area contributed by atoms with E-state index in [9.17, 15) is 8.78 Å². The number of unbranched alkanes of at least 4 members (excludes halogenated alkanes) is 8. The van der Waals surface area contributed by atoms with Crippen molar-refractivity contribution in [2.24, 2.45) is 0 Å². The molecule has 0 unspecified atom stereocenters. The summed E-state index contributed by atoms with van der Waals surface area (Å²) in [7, 11) is 0. The molecule has 1 aliphatic rings. The van der Waals surface area contributed by atoms with Crippen LogP contribution in [0.25, 0.3) is 6.08 Å². The highest BCUT2D eigenvalue weighted by Gasteiger charge is 2.22. The van der Waals surface area contributed by atoms with Crippen LogP contribution in [0.4, 0.5) is 8.78 Å². The Hall–Kier alpha value is -1.22. The molecule has 28 heavy (non-hydrogen) atoms. The Morgan fingerprint density at radius 1 is 0.857 bits per heavy atom. The fourth-order valence-corrected chi connectivity index (χ4v) is 4.22. The van der Waals surface area contributed by atoms with Crippen molar-refractivity contribution in [1.29, 1.82) is 0 Å². The van der Waals surface area contributed by atoms with Crippen molar-refractivity contribution in [2.45, 2.75) is 102 Å². The zero-order valence-corrected chi connectivity index (χ0v) is 17.6. The highest BCUT2D eigenvalue weighted by molar-refractivity contribution is 5.50. The minimum atomic E-state index is -1.64. The lowest BCUT2D eigenvalue weighted by Gasteiger charge is -2.29. The van der Waals surface area contributed by atoms with Gasteiger partial charge in [0, 0.05) is 12.7 Å². The smallest absolute Gasteiger partial charge is 0.270 e. The van der Waals surface area contributed by atoms with E-state index in [1.54, 1.807) is 12.1 Å². The standard InChI is InChI=1S/C25H38F2O/c1-2-3-4-5-6-7-8-9-10-19-28-24-17-15-23(16-18-24)22-13-11-21(12-14-22)20-25(26)27/h11-14,20,23-24H,2-10,15-19H2,1H3/t23-,24-. The van der Waals surface area contributed by atoms with Gasteiger partial charge in [-0.15, -0.1) is 0 Å². The Labute approximate surface area is 170 Å². The molecular formula is C25H38F2O. The lowest BCUT2D eigenvalue weighted by molar-refractivity contribution is 0.0226. The normalized spacial score (nSPS) is 19.5. The van der Waals surface area contributed by atoms with Gasteiger partial charge in [0.25, 0.3) is 6.08 Å². The molecule has 158 valence electrons. The van der Waals surface area contributed by atoms with Crippen LogP contribution in [0, 0.1) is 0 Å². The van der Waals surface area contributed by atoms with Crippen LogP contribution in [0.5, 0.6) is 0 Å². The molecule has 0 atom stereocenters. The van der Waals surface area contributed by atoms with Gasteiger partial charge in [0.05, 0.1) is 6.10 Å². The van der Waals surface area contributed by atoms with E-state index in [1.807, 2.05) is 12.1 Å². The molecule has 3 heteroatoms. The highest BCUT2D eigenvalue weighted by Crippen LogP contribution is 2.34. The van der Waals surface area contributed by atoms with E-state index in [-0.39, 0.29) is 0 Å². The third kappa shape index (κ3) is 9.32. The summed E-state index contributed by atoms with van der Waals surface area (Å²) in [5.41, 5.74) is 1.84. The second-order valence-electron chi connectivity index (χ2n) is 8.27. The van der Waals surface area contributed by atoms with Crippen molar-refractivity contribution in [3.63, 3.8) is 0 Å². The van der Waals surface area contributed by atoms with E-state index in [0.29, 0.717) is 17.6 Å². The molecule has 0 spiro atoms. The van der Waals surface area contributed by atoms with E-state index in [4.69, 9.17) is 4.74 Å². The number of benzene rings is 1. The number of hydrogen-bond donors (Lipinski definition) is 0. The molecule has 2 rings (SSSR count). The van der Waals surface area contributed by atoms with E-state index in [0.717, 1.165) is 38.4 Å². The average Bonchev–Trinajstić information content (AvgIpc) is 2.70. The Morgan fingerprint density at radius 2 is 1.43 bits per heavy atom. The molecule has 1 aliphatic carbocycles. The number of halogens is 2. The maximum absolute atomic E-state index is 12.3. The third-order valence-electron chi connectivity index (χ3n) is 5.96. The Balaban J connectivity index is 1.52. The Kier molecular flexibility index (Phi) is 11.4. The number of ether oxygens (including phenoxy) is 1. The first-order chi connectivity index (χ1) is 13.7. The molecule has 1 nitrogen and oxygen atoms in total. The maximum atomic E-state index is 12.3. The first-order valence-corrected chi connectivity index (χ1v) is 11.4. The zero-order chi connectivity index (χ0) is 20.0. The fraction of sp³-hybridized carbons (Fsp3) is 0.680. The molecule has 0 bridgehead atoms. The van der Waals surface area contributed by atoms with Crippen LogP contribution in [0.2, 0.25) is 0 Å². The van der Waals surface area contributed by atoms with Crippen LogP contribution < -0.4 is 0 Å². The molecule has 1 aromatic carbocycles. The molecule has 0 N–H and O–H groups in total. The van der Waals surface area contributed by atoms with Crippen LogP contribution in [0.15, 0.2) is 30.3 Å². The van der Waals surface area contributed by atoms with Crippen molar-refractivity contribution >= 4 is 6.08 Å². The predicted octanol–water partition coefficient (Wildman–Crippen LogP) is 8.50. The largest absolute Gasteiger partial charge is 0.378 e. The number of hydrogen-bond acceptors (Lipinski definition) is 1. The molecule has 1 aromatic rings. The molecule has 1 saturated carbocycles. The molecule has 0 heterocycles. The summed E-state index contributed by atoms with van der Waals surface area (Å²) in [6.45, 7) is 3.17. The number of rotatable bonds is 13. The van der Waals surface area contributed by atoms with Crippen LogP contribution >= 0.6 is 0 Å². The monoisotopic (exact) mass is 392 g/mol. The van der Waals surface area contributed by atoms with Crippen molar-refractivity contribution in [3.05, 3.63) is 41.5 Å².